The summed E-state index contributed by atoms with van der Waals surface area (Å²) in [6.07, 6.45) is -0.519. The predicted molar refractivity (Wildman–Crippen MR) is 155 cm³/mol. The molecule has 4 amide bonds. The molecule has 6 fully saturated rings. The fourth-order valence-electron chi connectivity index (χ4n) is 8.69. The highest BCUT2D eigenvalue weighted by molar-refractivity contribution is 5.87. The lowest BCUT2D eigenvalue weighted by molar-refractivity contribution is -0.141. The monoisotopic (exact) mass is 607 g/mol. The van der Waals surface area contributed by atoms with E-state index in [-0.39, 0.29) is 48.8 Å². The Kier molecular flexibility index (Phi) is 8.96. The molecular formula is C30H47F2N7O4. The number of hydrogen-bond acceptors (Lipinski definition) is 7. The van der Waals surface area contributed by atoms with E-state index in [2.05, 4.69) is 46.6 Å². The van der Waals surface area contributed by atoms with Gasteiger partial charge in [0.05, 0.1) is 24.5 Å². The van der Waals surface area contributed by atoms with Crippen molar-refractivity contribution in [1.82, 2.24) is 36.0 Å². The van der Waals surface area contributed by atoms with Gasteiger partial charge in [-0.25, -0.2) is 13.6 Å². The van der Waals surface area contributed by atoms with Crippen molar-refractivity contribution in [2.45, 2.75) is 101 Å². The molecule has 11 unspecified atom stereocenters. The number of alkyl halides is 2. The van der Waals surface area contributed by atoms with Crippen LogP contribution in [0.25, 0.3) is 0 Å². The van der Waals surface area contributed by atoms with E-state index in [4.69, 9.17) is 4.74 Å². The summed E-state index contributed by atoms with van der Waals surface area (Å²) in [4.78, 5) is 45.2. The van der Waals surface area contributed by atoms with Crippen molar-refractivity contribution in [3.8, 4) is 0 Å². The van der Waals surface area contributed by atoms with Gasteiger partial charge in [-0.2, -0.15) is 0 Å². The van der Waals surface area contributed by atoms with Crippen molar-refractivity contribution < 1.29 is 27.9 Å². The Labute approximate surface area is 252 Å². The second-order valence-corrected chi connectivity index (χ2v) is 13.5. The first-order valence-electron chi connectivity index (χ1n) is 16.1. The summed E-state index contributed by atoms with van der Waals surface area (Å²) in [7, 11) is 0. The number of fused-ring (bicyclic) bond motifs is 5. The van der Waals surface area contributed by atoms with Crippen LogP contribution in [0.1, 0.15) is 46.0 Å². The van der Waals surface area contributed by atoms with Crippen LogP contribution in [0.15, 0.2) is 12.7 Å². The van der Waals surface area contributed by atoms with Gasteiger partial charge in [0.15, 0.2) is 0 Å². The predicted octanol–water partition coefficient (Wildman–Crippen LogP) is 0.719. The van der Waals surface area contributed by atoms with Crippen LogP contribution in [0.3, 0.4) is 0 Å². The zero-order chi connectivity index (χ0) is 30.4. The molecule has 0 radical (unpaired) electrons. The smallest absolute Gasteiger partial charge is 0.320 e. The Hall–Kier alpha value is -2.35. The van der Waals surface area contributed by atoms with Gasteiger partial charge in [0.25, 0.3) is 0 Å². The topological polar surface area (TPSA) is 118 Å². The molecule has 0 spiro atoms. The van der Waals surface area contributed by atoms with Gasteiger partial charge in [0.2, 0.25) is 11.8 Å². The van der Waals surface area contributed by atoms with Gasteiger partial charge in [0, 0.05) is 56.1 Å². The number of nitrogens with zero attached hydrogens (tertiary/aromatic N) is 3. The molecule has 13 heteroatoms. The molecule has 6 aliphatic rings. The number of urea groups is 1. The maximum atomic E-state index is 16.4. The Morgan fingerprint density at radius 3 is 2.53 bits per heavy atom. The summed E-state index contributed by atoms with van der Waals surface area (Å²) in [5.41, 5.74) is 0. The van der Waals surface area contributed by atoms with E-state index in [1.807, 2.05) is 0 Å². The summed E-state index contributed by atoms with van der Waals surface area (Å²) in [5, 5.41) is 13.3. The van der Waals surface area contributed by atoms with Crippen molar-refractivity contribution in [2.75, 3.05) is 39.3 Å². The molecule has 5 aliphatic heterocycles. The van der Waals surface area contributed by atoms with Gasteiger partial charge in [-0.3, -0.25) is 19.8 Å². The average molecular weight is 608 g/mol. The van der Waals surface area contributed by atoms with Gasteiger partial charge in [-0.15, -0.1) is 0 Å². The number of rotatable bonds is 3. The van der Waals surface area contributed by atoms with Crippen LogP contribution < -0.4 is 21.3 Å². The molecule has 2 bridgehead atoms. The molecule has 240 valence electrons. The van der Waals surface area contributed by atoms with E-state index in [9.17, 15) is 14.4 Å². The first kappa shape index (κ1) is 30.7. The second-order valence-electron chi connectivity index (χ2n) is 13.5. The summed E-state index contributed by atoms with van der Waals surface area (Å²) in [6.45, 7) is 10.3. The van der Waals surface area contributed by atoms with E-state index in [0.717, 1.165) is 0 Å². The Morgan fingerprint density at radius 2 is 1.81 bits per heavy atom. The third-order valence-electron chi connectivity index (χ3n) is 10.7. The van der Waals surface area contributed by atoms with Crippen molar-refractivity contribution in [3.63, 3.8) is 0 Å². The highest BCUT2D eigenvalue weighted by Crippen LogP contribution is 2.41. The number of piperazine rings is 1. The highest BCUT2D eigenvalue weighted by atomic mass is 19.1. The molecular weight excluding hydrogens is 560 g/mol. The maximum Gasteiger partial charge on any atom is 0.320 e. The van der Waals surface area contributed by atoms with Crippen molar-refractivity contribution in [1.29, 1.82) is 0 Å². The molecule has 1 saturated carbocycles. The van der Waals surface area contributed by atoms with Gasteiger partial charge in [-0.05, 0) is 50.6 Å². The number of carbonyl (C=O) groups is 3. The van der Waals surface area contributed by atoms with Crippen molar-refractivity contribution >= 4 is 17.8 Å². The van der Waals surface area contributed by atoms with Crippen molar-refractivity contribution in [2.24, 2.45) is 17.8 Å². The average Bonchev–Trinajstić information content (AvgIpc) is 2.99. The molecule has 4 N–H and O–H groups in total. The van der Waals surface area contributed by atoms with E-state index in [0.29, 0.717) is 58.4 Å². The minimum atomic E-state index is -1.37. The highest BCUT2D eigenvalue weighted by Gasteiger charge is 2.57. The van der Waals surface area contributed by atoms with Gasteiger partial charge in [0.1, 0.15) is 19.0 Å². The van der Waals surface area contributed by atoms with Gasteiger partial charge >= 0.3 is 6.03 Å². The van der Waals surface area contributed by atoms with Crippen LogP contribution >= 0.6 is 0 Å². The van der Waals surface area contributed by atoms with Gasteiger partial charge in [-0.1, -0.05) is 20.4 Å². The largest absolute Gasteiger partial charge is 0.366 e. The summed E-state index contributed by atoms with van der Waals surface area (Å²) >= 11 is 0. The number of carbonyl (C=O) groups excluding carboxylic acids is 3. The number of ether oxygens (including phenoxy) is 1. The zero-order valence-corrected chi connectivity index (χ0v) is 25.2. The van der Waals surface area contributed by atoms with Crippen LogP contribution in [-0.2, 0) is 14.3 Å². The molecule has 1 aliphatic carbocycles. The SMILES string of the molecule is C=CC(=O)N1CCN(C2NC(=O)N3C4NC(C(F)CC24)C2C(F)CCCC2NC(=O)COC2CCNC(C(C)C)C23)CC1. The normalized spacial score (nSPS) is 42.5. The lowest BCUT2D eigenvalue weighted by Crippen LogP contribution is -2.80. The standard InChI is InChI=1S/C30H47F2N7O4/c1-4-23(41)37-10-12-38(13-11-37)28-17-14-19(32)26-24-18(31)6-5-7-20(24)34-22(40)15-43-21-8-9-33-25(16(2)3)27(21)39(29(17)35-26)30(42)36-28/h4,16-21,24-29,33,35H,1,5-15H2,2-3H3,(H,34,40)(H,36,42). The van der Waals surface area contributed by atoms with Crippen LogP contribution in [-0.4, -0.2) is 127 Å². The fraction of sp³-hybridized carbons (Fsp3) is 0.833. The van der Waals surface area contributed by atoms with E-state index >= 15 is 8.78 Å². The number of amides is 4. The van der Waals surface area contributed by atoms with Crippen LogP contribution in [0.2, 0.25) is 0 Å². The van der Waals surface area contributed by atoms with Crippen molar-refractivity contribution in [3.05, 3.63) is 12.7 Å². The Balaban J connectivity index is 1.37. The summed E-state index contributed by atoms with van der Waals surface area (Å²) < 4.78 is 38.4. The molecule has 6 rings (SSSR count). The molecule has 11 nitrogen and oxygen atoms in total. The molecule has 11 atom stereocenters. The van der Waals surface area contributed by atoms with Crippen LogP contribution in [0.4, 0.5) is 13.6 Å². The molecule has 0 aromatic carbocycles. The number of hydrogen-bond donors (Lipinski definition) is 4. The number of halogens is 2. The van der Waals surface area contributed by atoms with E-state index in [1.54, 1.807) is 9.80 Å². The number of nitrogens with one attached hydrogen (secondary N) is 4. The molecule has 0 aromatic heterocycles. The van der Waals surface area contributed by atoms with E-state index < -0.39 is 54.8 Å². The minimum absolute atomic E-state index is 0.124. The fourth-order valence-corrected chi connectivity index (χ4v) is 8.69. The third kappa shape index (κ3) is 5.78. The Bertz CT molecular complexity index is 1080. The van der Waals surface area contributed by atoms with Crippen LogP contribution in [0, 0.1) is 17.8 Å². The lowest BCUT2D eigenvalue weighted by atomic mass is 9.72. The van der Waals surface area contributed by atoms with E-state index in [1.165, 1.54) is 6.08 Å². The minimum Gasteiger partial charge on any atom is -0.366 e. The first-order chi connectivity index (χ1) is 20.7. The third-order valence-corrected chi connectivity index (χ3v) is 10.7. The molecule has 5 heterocycles. The summed E-state index contributed by atoms with van der Waals surface area (Å²) in [5.74, 6) is -1.41. The first-order valence-corrected chi connectivity index (χ1v) is 16.1. The zero-order valence-electron chi connectivity index (χ0n) is 25.2. The lowest BCUT2D eigenvalue weighted by Gasteiger charge is -2.59. The van der Waals surface area contributed by atoms with Crippen LogP contribution in [0.5, 0.6) is 0 Å². The quantitative estimate of drug-likeness (QED) is 0.350. The van der Waals surface area contributed by atoms with Gasteiger partial charge < -0.3 is 30.5 Å². The maximum absolute atomic E-state index is 16.4. The second kappa shape index (κ2) is 12.6. The Morgan fingerprint density at radius 1 is 1.05 bits per heavy atom. The summed E-state index contributed by atoms with van der Waals surface area (Å²) in [6, 6.07) is -2.21. The number of piperidine rings is 2. The molecule has 5 saturated heterocycles. The molecule has 43 heavy (non-hydrogen) atoms. The molecule has 0 aromatic rings.